The first-order chi connectivity index (χ1) is 14.6. The van der Waals surface area contributed by atoms with Crippen LogP contribution >= 0.6 is 0 Å². The van der Waals surface area contributed by atoms with Gasteiger partial charge in [-0.2, -0.15) is 0 Å². The summed E-state index contributed by atoms with van der Waals surface area (Å²) in [5, 5.41) is 3.53. The molecule has 0 spiro atoms. The number of nitrogens with one attached hydrogen (secondary N) is 1. The van der Waals surface area contributed by atoms with Crippen LogP contribution in [-0.2, 0) is 4.74 Å². The highest BCUT2D eigenvalue weighted by Gasteiger charge is 2.45. The summed E-state index contributed by atoms with van der Waals surface area (Å²) < 4.78 is 33.7. The minimum Gasteiger partial charge on any atom is -0.493 e. The molecule has 1 N–H and O–H groups in total. The minimum atomic E-state index is -0.548. The Morgan fingerprint density at radius 3 is 2.57 bits per heavy atom. The maximum atomic E-state index is 12.8. The average molecular weight is 413 g/mol. The summed E-state index contributed by atoms with van der Waals surface area (Å²) in [6.45, 7) is 3.00. The molecule has 3 unspecified atom stereocenters. The summed E-state index contributed by atoms with van der Waals surface area (Å²) in [7, 11) is 4.66. The SMILES string of the molecule is COc1ccc2c(c1OC)C(=O)OC2C1NCC(C)c2cc3c(c(OC)c21)OCO3. The molecule has 3 atom stereocenters. The van der Waals surface area contributed by atoms with Gasteiger partial charge in [0.05, 0.1) is 27.4 Å². The van der Waals surface area contributed by atoms with Crippen molar-refractivity contribution in [1.29, 1.82) is 0 Å². The summed E-state index contributed by atoms with van der Waals surface area (Å²) in [6, 6.07) is 5.33. The van der Waals surface area contributed by atoms with Crippen LogP contribution in [0.1, 0.15) is 52.0 Å². The molecule has 0 fully saturated rings. The van der Waals surface area contributed by atoms with E-state index in [9.17, 15) is 4.79 Å². The summed E-state index contributed by atoms with van der Waals surface area (Å²) in [5.74, 6) is 2.51. The monoisotopic (exact) mass is 413 g/mol. The van der Waals surface area contributed by atoms with Crippen LogP contribution in [0.5, 0.6) is 28.7 Å². The molecule has 5 rings (SSSR count). The van der Waals surface area contributed by atoms with Crippen LogP contribution in [0.25, 0.3) is 0 Å². The van der Waals surface area contributed by atoms with Crippen molar-refractivity contribution in [3.05, 3.63) is 40.5 Å². The number of esters is 1. The predicted octanol–water partition coefficient (Wildman–Crippen LogP) is 3.10. The lowest BCUT2D eigenvalue weighted by Gasteiger charge is -2.35. The van der Waals surface area contributed by atoms with Gasteiger partial charge in [-0.05, 0) is 23.6 Å². The number of cyclic esters (lactones) is 1. The van der Waals surface area contributed by atoms with Gasteiger partial charge in [0.2, 0.25) is 12.5 Å². The molecule has 2 aromatic carbocycles. The number of methoxy groups -OCH3 is 3. The molecule has 8 heteroatoms. The van der Waals surface area contributed by atoms with Gasteiger partial charge in [-0.15, -0.1) is 0 Å². The summed E-state index contributed by atoms with van der Waals surface area (Å²) in [5.41, 5.74) is 3.14. The van der Waals surface area contributed by atoms with Gasteiger partial charge in [0, 0.05) is 17.7 Å². The maximum Gasteiger partial charge on any atom is 0.343 e. The number of ether oxygens (including phenoxy) is 6. The zero-order valence-electron chi connectivity index (χ0n) is 17.2. The number of fused-ring (bicyclic) bond motifs is 3. The molecular formula is C22H23NO7. The first-order valence-corrected chi connectivity index (χ1v) is 9.78. The van der Waals surface area contributed by atoms with Gasteiger partial charge < -0.3 is 33.7 Å². The molecule has 0 saturated heterocycles. The largest absolute Gasteiger partial charge is 0.493 e. The number of rotatable bonds is 4. The van der Waals surface area contributed by atoms with Crippen LogP contribution in [0.4, 0.5) is 0 Å². The molecule has 3 aliphatic heterocycles. The lowest BCUT2D eigenvalue weighted by Crippen LogP contribution is -2.36. The van der Waals surface area contributed by atoms with Gasteiger partial charge in [-0.3, -0.25) is 0 Å². The fraction of sp³-hybridized carbons (Fsp3) is 0.409. The quantitative estimate of drug-likeness (QED) is 0.766. The van der Waals surface area contributed by atoms with Crippen molar-refractivity contribution in [3.63, 3.8) is 0 Å². The molecular weight excluding hydrogens is 390 g/mol. The van der Waals surface area contributed by atoms with E-state index in [1.54, 1.807) is 13.2 Å². The second kappa shape index (κ2) is 6.98. The number of hydrogen-bond donors (Lipinski definition) is 1. The third kappa shape index (κ3) is 2.53. The van der Waals surface area contributed by atoms with E-state index >= 15 is 0 Å². The first kappa shape index (κ1) is 18.9. The van der Waals surface area contributed by atoms with Crippen LogP contribution < -0.4 is 29.0 Å². The zero-order chi connectivity index (χ0) is 21.0. The molecule has 3 aliphatic rings. The van der Waals surface area contributed by atoms with E-state index in [1.165, 1.54) is 14.2 Å². The molecule has 30 heavy (non-hydrogen) atoms. The Labute approximate surface area is 174 Å². The molecule has 2 aromatic rings. The van der Waals surface area contributed by atoms with Crippen LogP contribution in [0.15, 0.2) is 18.2 Å². The van der Waals surface area contributed by atoms with Crippen molar-refractivity contribution in [2.45, 2.75) is 25.0 Å². The second-order valence-electron chi connectivity index (χ2n) is 7.52. The van der Waals surface area contributed by atoms with Gasteiger partial charge in [-0.1, -0.05) is 13.0 Å². The van der Waals surface area contributed by atoms with Crippen molar-refractivity contribution in [2.75, 3.05) is 34.7 Å². The van der Waals surface area contributed by atoms with Crippen molar-refractivity contribution in [1.82, 2.24) is 5.32 Å². The Bertz CT molecular complexity index is 1030. The van der Waals surface area contributed by atoms with Crippen molar-refractivity contribution >= 4 is 5.97 Å². The summed E-state index contributed by atoms with van der Waals surface area (Å²) in [6.07, 6.45) is -0.548. The second-order valence-corrected chi connectivity index (χ2v) is 7.52. The first-order valence-electron chi connectivity index (χ1n) is 9.78. The molecule has 0 radical (unpaired) electrons. The smallest absolute Gasteiger partial charge is 0.343 e. The van der Waals surface area contributed by atoms with Crippen LogP contribution in [0.2, 0.25) is 0 Å². The van der Waals surface area contributed by atoms with E-state index in [1.807, 2.05) is 12.1 Å². The van der Waals surface area contributed by atoms with Crippen molar-refractivity contribution < 1.29 is 33.2 Å². The Morgan fingerprint density at radius 2 is 1.83 bits per heavy atom. The van der Waals surface area contributed by atoms with Gasteiger partial charge in [-0.25, -0.2) is 4.79 Å². The normalized spacial score (nSPS) is 23.5. The number of benzene rings is 2. The minimum absolute atomic E-state index is 0.152. The van der Waals surface area contributed by atoms with E-state index in [-0.39, 0.29) is 18.8 Å². The molecule has 0 aliphatic carbocycles. The van der Waals surface area contributed by atoms with E-state index in [4.69, 9.17) is 28.4 Å². The fourth-order valence-corrected chi connectivity index (χ4v) is 4.63. The molecule has 0 saturated carbocycles. The lowest BCUT2D eigenvalue weighted by molar-refractivity contribution is 0.0278. The van der Waals surface area contributed by atoms with E-state index in [0.29, 0.717) is 34.3 Å². The van der Waals surface area contributed by atoms with Crippen molar-refractivity contribution in [2.24, 2.45) is 0 Å². The van der Waals surface area contributed by atoms with Gasteiger partial charge in [0.1, 0.15) is 11.7 Å². The molecule has 3 heterocycles. The van der Waals surface area contributed by atoms with Crippen LogP contribution in [0, 0.1) is 0 Å². The molecule has 0 bridgehead atoms. The van der Waals surface area contributed by atoms with Crippen LogP contribution in [0.3, 0.4) is 0 Å². The lowest BCUT2D eigenvalue weighted by atomic mass is 9.82. The molecule has 8 nitrogen and oxygen atoms in total. The Balaban J connectivity index is 1.67. The van der Waals surface area contributed by atoms with Crippen LogP contribution in [-0.4, -0.2) is 40.6 Å². The van der Waals surface area contributed by atoms with E-state index in [2.05, 4.69) is 12.2 Å². The van der Waals surface area contributed by atoms with Crippen molar-refractivity contribution in [3.8, 4) is 28.7 Å². The van der Waals surface area contributed by atoms with Gasteiger partial charge in [0.15, 0.2) is 23.0 Å². The molecule has 158 valence electrons. The Hall–Kier alpha value is -3.13. The third-order valence-electron chi connectivity index (χ3n) is 6.01. The average Bonchev–Trinajstić information content (AvgIpc) is 3.36. The Kier molecular flexibility index (Phi) is 4.39. The van der Waals surface area contributed by atoms with E-state index in [0.717, 1.165) is 23.2 Å². The number of carbonyl (C=O) groups is 1. The standard InChI is InChI=1S/C22H23NO7/c1-10-8-23-17(15-12(10)7-14-20(21(15)27-4)29-9-28-14)18-11-5-6-13(25-2)19(26-3)16(11)22(24)30-18/h5-7,10,17-18,23H,8-9H2,1-4H3. The molecule has 0 aromatic heterocycles. The maximum absolute atomic E-state index is 12.8. The van der Waals surface area contributed by atoms with Gasteiger partial charge in [0.25, 0.3) is 0 Å². The third-order valence-corrected chi connectivity index (χ3v) is 6.01. The summed E-state index contributed by atoms with van der Waals surface area (Å²) >= 11 is 0. The summed E-state index contributed by atoms with van der Waals surface area (Å²) in [4.78, 5) is 12.8. The predicted molar refractivity (Wildman–Crippen MR) is 106 cm³/mol. The highest BCUT2D eigenvalue weighted by atomic mass is 16.7. The number of hydrogen-bond acceptors (Lipinski definition) is 8. The topological polar surface area (TPSA) is 84.5 Å². The molecule has 0 amide bonds. The highest BCUT2D eigenvalue weighted by molar-refractivity contribution is 5.98. The number of carbonyl (C=O) groups excluding carboxylic acids is 1. The van der Waals surface area contributed by atoms with E-state index < -0.39 is 12.1 Å². The highest BCUT2D eigenvalue weighted by Crippen LogP contribution is 2.54. The fourth-order valence-electron chi connectivity index (χ4n) is 4.63. The zero-order valence-corrected chi connectivity index (χ0v) is 17.2. The Morgan fingerprint density at radius 1 is 1.03 bits per heavy atom. The van der Waals surface area contributed by atoms with Gasteiger partial charge >= 0.3 is 5.97 Å².